The number of likely N-dealkylation sites (N-methyl/N-ethyl adjacent to an activating group) is 1. The van der Waals surface area contributed by atoms with Gasteiger partial charge >= 0.3 is 5.97 Å². The molecule has 1 amide bonds. The second kappa shape index (κ2) is 8.73. The molecular weight excluding hydrogens is 394 g/mol. The van der Waals surface area contributed by atoms with Gasteiger partial charge in [0, 0.05) is 37.4 Å². The van der Waals surface area contributed by atoms with Gasteiger partial charge in [-0.05, 0) is 43.4 Å². The van der Waals surface area contributed by atoms with Crippen LogP contribution in [0.5, 0.6) is 0 Å². The molecule has 0 aliphatic carbocycles. The molecule has 3 rings (SSSR count). The third-order valence-electron chi connectivity index (χ3n) is 4.74. The molecule has 8 nitrogen and oxygen atoms in total. The molecule has 2 aromatic rings. The minimum absolute atomic E-state index is 0.0815. The molecule has 0 unspecified atom stereocenters. The van der Waals surface area contributed by atoms with E-state index in [1.54, 1.807) is 30.3 Å². The van der Waals surface area contributed by atoms with E-state index in [1.165, 1.54) is 29.6 Å². The van der Waals surface area contributed by atoms with E-state index in [0.29, 0.717) is 37.4 Å². The number of piperazine rings is 1. The number of benzene rings is 2. The van der Waals surface area contributed by atoms with Gasteiger partial charge < -0.3 is 15.0 Å². The fourth-order valence-corrected chi connectivity index (χ4v) is 4.49. The van der Waals surface area contributed by atoms with Gasteiger partial charge in [0.2, 0.25) is 10.0 Å². The quantitative estimate of drug-likeness (QED) is 0.744. The number of methoxy groups -OCH3 is 1. The largest absolute Gasteiger partial charge is 0.465 e. The zero-order valence-corrected chi connectivity index (χ0v) is 17.1. The molecule has 1 aliphatic heterocycles. The van der Waals surface area contributed by atoms with E-state index >= 15 is 0 Å². The van der Waals surface area contributed by atoms with Crippen molar-refractivity contribution in [3.05, 3.63) is 59.7 Å². The minimum Gasteiger partial charge on any atom is -0.465 e. The Labute approximate surface area is 170 Å². The number of nitrogens with zero attached hydrogens (tertiary/aromatic N) is 2. The van der Waals surface area contributed by atoms with E-state index in [9.17, 15) is 18.0 Å². The Morgan fingerprint density at radius 2 is 1.62 bits per heavy atom. The maximum Gasteiger partial charge on any atom is 0.337 e. The number of ether oxygens (including phenoxy) is 1. The van der Waals surface area contributed by atoms with Crippen LogP contribution in [0.1, 0.15) is 20.7 Å². The van der Waals surface area contributed by atoms with Crippen LogP contribution in [0.4, 0.5) is 5.69 Å². The number of nitrogens with one attached hydrogen (secondary N) is 1. The Bertz CT molecular complexity index is 1010. The van der Waals surface area contributed by atoms with E-state index in [0.717, 1.165) is 0 Å². The first-order valence-electron chi connectivity index (χ1n) is 9.10. The lowest BCUT2D eigenvalue weighted by atomic mass is 10.1. The Balaban J connectivity index is 1.79. The van der Waals surface area contributed by atoms with Crippen molar-refractivity contribution in [3.63, 3.8) is 0 Å². The molecule has 2 aromatic carbocycles. The van der Waals surface area contributed by atoms with E-state index < -0.39 is 21.9 Å². The third kappa shape index (κ3) is 4.81. The van der Waals surface area contributed by atoms with Gasteiger partial charge in [-0.25, -0.2) is 13.2 Å². The summed E-state index contributed by atoms with van der Waals surface area (Å²) in [6.07, 6.45) is 0. The summed E-state index contributed by atoms with van der Waals surface area (Å²) in [5, 5.41) is 2.68. The van der Waals surface area contributed by atoms with Crippen LogP contribution >= 0.6 is 0 Å². The maximum atomic E-state index is 12.9. The van der Waals surface area contributed by atoms with Crippen molar-refractivity contribution in [1.29, 1.82) is 0 Å². The van der Waals surface area contributed by atoms with Gasteiger partial charge in [0.15, 0.2) is 0 Å². The van der Waals surface area contributed by atoms with Crippen molar-refractivity contribution in [2.45, 2.75) is 4.90 Å². The van der Waals surface area contributed by atoms with Gasteiger partial charge in [-0.2, -0.15) is 4.31 Å². The Morgan fingerprint density at radius 1 is 0.966 bits per heavy atom. The molecule has 1 heterocycles. The summed E-state index contributed by atoms with van der Waals surface area (Å²) < 4.78 is 31.9. The highest BCUT2D eigenvalue weighted by Gasteiger charge is 2.28. The van der Waals surface area contributed by atoms with Crippen LogP contribution in [-0.2, 0) is 14.8 Å². The lowest BCUT2D eigenvalue weighted by molar-refractivity contribution is 0.0600. The summed E-state index contributed by atoms with van der Waals surface area (Å²) in [5.41, 5.74) is 0.922. The van der Waals surface area contributed by atoms with Gasteiger partial charge in [-0.3, -0.25) is 4.79 Å². The number of hydrogen-bond acceptors (Lipinski definition) is 6. The fraction of sp³-hybridized carbons (Fsp3) is 0.300. The fourth-order valence-electron chi connectivity index (χ4n) is 3.02. The van der Waals surface area contributed by atoms with E-state index in [2.05, 4.69) is 15.0 Å². The van der Waals surface area contributed by atoms with Crippen molar-refractivity contribution in [2.75, 3.05) is 45.7 Å². The highest BCUT2D eigenvalue weighted by molar-refractivity contribution is 7.89. The summed E-state index contributed by atoms with van der Waals surface area (Å²) in [6.45, 7) is 2.15. The van der Waals surface area contributed by atoms with Crippen LogP contribution in [-0.4, -0.2) is 69.8 Å². The molecule has 0 aromatic heterocycles. The smallest absolute Gasteiger partial charge is 0.337 e. The standard InChI is InChI=1S/C20H23N3O5S/c1-22-9-11-23(12-10-22)29(26,27)18-8-4-5-15(14-18)19(24)21-17-7-3-6-16(13-17)20(25)28-2/h3-8,13-14H,9-12H2,1-2H3,(H,21,24). The number of carbonyl (C=O) groups excluding carboxylic acids is 2. The lowest BCUT2D eigenvalue weighted by Crippen LogP contribution is -2.47. The van der Waals surface area contributed by atoms with Crippen LogP contribution in [0.15, 0.2) is 53.4 Å². The molecular formula is C20H23N3O5S. The number of esters is 1. The molecule has 0 radical (unpaired) electrons. The molecule has 1 aliphatic rings. The molecule has 9 heteroatoms. The highest BCUT2D eigenvalue weighted by atomic mass is 32.2. The van der Waals surface area contributed by atoms with Crippen molar-refractivity contribution in [2.24, 2.45) is 0 Å². The predicted octanol–water partition coefficient (Wildman–Crippen LogP) is 1.66. The Hall–Kier alpha value is -2.75. The van der Waals surface area contributed by atoms with E-state index in [-0.39, 0.29) is 10.5 Å². The van der Waals surface area contributed by atoms with Crippen LogP contribution in [0.3, 0.4) is 0 Å². The predicted molar refractivity (Wildman–Crippen MR) is 108 cm³/mol. The van der Waals surface area contributed by atoms with Crippen molar-refractivity contribution in [1.82, 2.24) is 9.21 Å². The van der Waals surface area contributed by atoms with E-state index in [4.69, 9.17) is 0 Å². The number of amides is 1. The zero-order valence-electron chi connectivity index (χ0n) is 16.3. The number of anilines is 1. The van der Waals surface area contributed by atoms with Crippen LogP contribution in [0.2, 0.25) is 0 Å². The van der Waals surface area contributed by atoms with Gasteiger partial charge in [-0.15, -0.1) is 0 Å². The van der Waals surface area contributed by atoms with Crippen molar-refractivity contribution in [3.8, 4) is 0 Å². The number of carbonyl (C=O) groups is 2. The summed E-state index contributed by atoms with van der Waals surface area (Å²) in [5.74, 6) is -0.983. The van der Waals surface area contributed by atoms with Gasteiger partial charge in [-0.1, -0.05) is 12.1 Å². The molecule has 1 fully saturated rings. The summed E-state index contributed by atoms with van der Waals surface area (Å²) >= 11 is 0. The van der Waals surface area contributed by atoms with Crippen LogP contribution in [0.25, 0.3) is 0 Å². The van der Waals surface area contributed by atoms with Crippen LogP contribution < -0.4 is 5.32 Å². The first-order chi connectivity index (χ1) is 13.8. The summed E-state index contributed by atoms with van der Waals surface area (Å²) in [7, 11) is -0.444. The SMILES string of the molecule is COC(=O)c1cccc(NC(=O)c2cccc(S(=O)(=O)N3CCN(C)CC3)c2)c1. The van der Waals surface area contributed by atoms with Crippen molar-refractivity contribution >= 4 is 27.6 Å². The minimum atomic E-state index is -3.67. The molecule has 1 N–H and O–H groups in total. The molecule has 154 valence electrons. The normalized spacial score (nSPS) is 15.7. The average molecular weight is 417 g/mol. The number of sulfonamides is 1. The van der Waals surface area contributed by atoms with Gasteiger partial charge in [0.1, 0.15) is 0 Å². The second-order valence-electron chi connectivity index (χ2n) is 6.76. The molecule has 0 spiro atoms. The molecule has 0 atom stereocenters. The van der Waals surface area contributed by atoms with Gasteiger partial charge in [0.05, 0.1) is 17.6 Å². The summed E-state index contributed by atoms with van der Waals surface area (Å²) in [6, 6.07) is 12.3. The Kier molecular flexibility index (Phi) is 6.31. The molecule has 0 saturated carbocycles. The second-order valence-corrected chi connectivity index (χ2v) is 8.70. The highest BCUT2D eigenvalue weighted by Crippen LogP contribution is 2.20. The first-order valence-corrected chi connectivity index (χ1v) is 10.5. The molecule has 29 heavy (non-hydrogen) atoms. The monoisotopic (exact) mass is 417 g/mol. The first kappa shape index (κ1) is 21.0. The van der Waals surface area contributed by atoms with Crippen molar-refractivity contribution < 1.29 is 22.7 Å². The third-order valence-corrected chi connectivity index (χ3v) is 6.63. The zero-order chi connectivity index (χ0) is 21.0. The maximum absolute atomic E-state index is 12.9. The number of rotatable bonds is 5. The molecule has 0 bridgehead atoms. The lowest BCUT2D eigenvalue weighted by Gasteiger charge is -2.31. The van der Waals surface area contributed by atoms with E-state index in [1.807, 2.05) is 7.05 Å². The molecule has 1 saturated heterocycles. The van der Waals surface area contributed by atoms with Crippen LogP contribution in [0, 0.1) is 0 Å². The van der Waals surface area contributed by atoms with Gasteiger partial charge in [0.25, 0.3) is 5.91 Å². The summed E-state index contributed by atoms with van der Waals surface area (Å²) in [4.78, 5) is 26.4. The average Bonchev–Trinajstić information content (AvgIpc) is 2.73. The Morgan fingerprint density at radius 3 is 2.31 bits per heavy atom. The topological polar surface area (TPSA) is 96.0 Å². The number of hydrogen-bond donors (Lipinski definition) is 1.